The highest BCUT2D eigenvalue weighted by atomic mass is 32.2. The molecule has 1 N–H and O–H groups in total. The van der Waals surface area contributed by atoms with E-state index in [0.29, 0.717) is 23.5 Å². The Morgan fingerprint density at radius 1 is 1.30 bits per heavy atom. The lowest BCUT2D eigenvalue weighted by atomic mass is 9.76. The van der Waals surface area contributed by atoms with E-state index in [-0.39, 0.29) is 5.60 Å². The summed E-state index contributed by atoms with van der Waals surface area (Å²) in [4.78, 5) is 11.8. The maximum atomic E-state index is 10.3. The maximum absolute atomic E-state index is 10.3. The van der Waals surface area contributed by atoms with Crippen LogP contribution in [-0.2, 0) is 9.47 Å². The van der Waals surface area contributed by atoms with Gasteiger partial charge in [0.2, 0.25) is 0 Å². The highest BCUT2D eigenvalue weighted by molar-refractivity contribution is 8.00. The van der Waals surface area contributed by atoms with Crippen molar-refractivity contribution < 1.29 is 19.4 Å². The third-order valence-corrected chi connectivity index (χ3v) is 8.23. The van der Waals surface area contributed by atoms with Crippen LogP contribution < -0.4 is 0 Å². The zero-order valence-electron chi connectivity index (χ0n) is 17.2. The minimum Gasteiger partial charge on any atom is -0.465 e. The minimum atomic E-state index is -0.762. The Morgan fingerprint density at radius 3 is 2.48 bits per heavy atom. The average Bonchev–Trinajstić information content (AvgIpc) is 3.22. The van der Waals surface area contributed by atoms with Crippen molar-refractivity contribution in [2.45, 2.75) is 70.7 Å². The van der Waals surface area contributed by atoms with E-state index in [1.54, 1.807) is 0 Å². The number of rotatable bonds is 4. The molecule has 0 aromatic rings. The van der Waals surface area contributed by atoms with Crippen molar-refractivity contribution in [2.75, 3.05) is 31.7 Å². The molecule has 4 fully saturated rings. The van der Waals surface area contributed by atoms with E-state index in [9.17, 15) is 4.79 Å². The Hall–Kier alpha value is -0.720. The molecule has 154 valence electrons. The SMILES string of the molecule is COC1CCCCC1C1(C)OC1CC=C(C)C.O=C(O)N1CC2(CSC2)C1. The third-order valence-electron chi connectivity index (χ3n) is 6.60. The predicted molar refractivity (Wildman–Crippen MR) is 109 cm³/mol. The van der Waals surface area contributed by atoms with Crippen LogP contribution in [0.1, 0.15) is 52.9 Å². The Bertz CT molecular complexity index is 565. The first-order valence-corrected chi connectivity index (χ1v) is 11.3. The fraction of sp³-hybridized carbons (Fsp3) is 0.857. The second-order valence-corrected chi connectivity index (χ2v) is 10.1. The standard InChI is InChI=1S/C15H26O2.C6H9NO2S/c1-11(2)9-10-14-15(3,17-14)12-7-5-6-8-13(12)16-4;8-5(9)7-1-6(2-7)3-10-4-6/h9,12-14H,5-8,10H2,1-4H3;1-4H2,(H,8,9). The molecule has 0 bridgehead atoms. The van der Waals surface area contributed by atoms with Gasteiger partial charge in [0.25, 0.3) is 0 Å². The van der Waals surface area contributed by atoms with Gasteiger partial charge in [-0.3, -0.25) is 0 Å². The second kappa shape index (κ2) is 8.34. The molecule has 1 amide bonds. The Balaban J connectivity index is 0.000000177. The summed E-state index contributed by atoms with van der Waals surface area (Å²) in [6, 6.07) is 0. The molecule has 1 spiro atoms. The lowest BCUT2D eigenvalue weighted by Crippen LogP contribution is -2.64. The number of hydrogen-bond donors (Lipinski definition) is 1. The summed E-state index contributed by atoms with van der Waals surface area (Å²) < 4.78 is 11.7. The molecule has 4 unspecified atom stereocenters. The lowest BCUT2D eigenvalue weighted by molar-refractivity contribution is -0.00777. The first-order chi connectivity index (χ1) is 12.8. The van der Waals surface area contributed by atoms with Gasteiger partial charge in [0.05, 0.1) is 17.8 Å². The van der Waals surface area contributed by atoms with Crippen molar-refractivity contribution in [3.63, 3.8) is 0 Å². The lowest BCUT2D eigenvalue weighted by Gasteiger charge is -2.53. The number of amides is 1. The van der Waals surface area contributed by atoms with Crippen molar-refractivity contribution in [3.05, 3.63) is 11.6 Å². The second-order valence-electron chi connectivity index (χ2n) is 9.10. The van der Waals surface area contributed by atoms with Gasteiger partial charge in [-0.15, -0.1) is 0 Å². The van der Waals surface area contributed by atoms with Gasteiger partial charge in [0.15, 0.2) is 0 Å². The van der Waals surface area contributed by atoms with Crippen LogP contribution in [0.25, 0.3) is 0 Å². The normalized spacial score (nSPS) is 36.0. The number of ether oxygens (including phenoxy) is 2. The summed E-state index contributed by atoms with van der Waals surface area (Å²) in [7, 11) is 1.85. The number of thioether (sulfide) groups is 1. The van der Waals surface area contributed by atoms with Gasteiger partial charge in [0, 0.05) is 43.0 Å². The molecular formula is C21H35NO4S. The molecule has 0 radical (unpaired) electrons. The molecule has 3 saturated heterocycles. The van der Waals surface area contributed by atoms with Crippen molar-refractivity contribution in [3.8, 4) is 0 Å². The van der Waals surface area contributed by atoms with Crippen molar-refractivity contribution >= 4 is 17.9 Å². The van der Waals surface area contributed by atoms with Crippen LogP contribution >= 0.6 is 11.8 Å². The number of methoxy groups -OCH3 is 1. The predicted octanol–water partition coefficient (Wildman–Crippen LogP) is 4.42. The van der Waals surface area contributed by atoms with Crippen LogP contribution in [-0.4, -0.2) is 65.6 Å². The Morgan fingerprint density at radius 2 is 1.96 bits per heavy atom. The van der Waals surface area contributed by atoms with E-state index in [0.717, 1.165) is 31.0 Å². The van der Waals surface area contributed by atoms with E-state index >= 15 is 0 Å². The van der Waals surface area contributed by atoms with E-state index in [1.165, 1.54) is 36.2 Å². The number of epoxide rings is 1. The van der Waals surface area contributed by atoms with Crippen LogP contribution in [0.5, 0.6) is 0 Å². The van der Waals surface area contributed by atoms with Crippen molar-refractivity contribution in [1.29, 1.82) is 0 Å². The van der Waals surface area contributed by atoms with Gasteiger partial charge in [-0.05, 0) is 40.0 Å². The molecule has 5 nitrogen and oxygen atoms in total. The fourth-order valence-corrected chi connectivity index (χ4v) is 5.88. The molecule has 0 aromatic carbocycles. The first-order valence-electron chi connectivity index (χ1n) is 10.2. The summed E-state index contributed by atoms with van der Waals surface area (Å²) in [6.07, 6.45) is 8.52. The molecule has 0 aromatic heterocycles. The van der Waals surface area contributed by atoms with Gasteiger partial charge in [-0.2, -0.15) is 11.8 Å². The quantitative estimate of drug-likeness (QED) is 0.562. The number of likely N-dealkylation sites (tertiary alicyclic amines) is 1. The fourth-order valence-electron chi connectivity index (χ4n) is 4.73. The monoisotopic (exact) mass is 397 g/mol. The number of nitrogens with zero attached hydrogens (tertiary/aromatic N) is 1. The third kappa shape index (κ3) is 4.65. The number of hydrogen-bond acceptors (Lipinski definition) is 4. The van der Waals surface area contributed by atoms with Crippen LogP contribution in [0.2, 0.25) is 0 Å². The molecule has 4 aliphatic rings. The molecule has 27 heavy (non-hydrogen) atoms. The van der Waals surface area contributed by atoms with Gasteiger partial charge >= 0.3 is 6.09 Å². The van der Waals surface area contributed by atoms with E-state index < -0.39 is 6.09 Å². The van der Waals surface area contributed by atoms with Gasteiger partial charge < -0.3 is 19.5 Å². The molecule has 4 rings (SSSR count). The maximum Gasteiger partial charge on any atom is 0.407 e. The van der Waals surface area contributed by atoms with Crippen molar-refractivity contribution in [1.82, 2.24) is 4.90 Å². The molecule has 3 aliphatic heterocycles. The summed E-state index contributed by atoms with van der Waals surface area (Å²) >= 11 is 1.91. The molecule has 1 saturated carbocycles. The molecular weight excluding hydrogens is 362 g/mol. The zero-order valence-corrected chi connectivity index (χ0v) is 18.0. The summed E-state index contributed by atoms with van der Waals surface area (Å²) in [5, 5.41) is 8.50. The zero-order chi connectivity index (χ0) is 19.7. The highest BCUT2D eigenvalue weighted by Gasteiger charge is 2.58. The Kier molecular flexibility index (Phi) is 6.48. The topological polar surface area (TPSA) is 62.3 Å². The van der Waals surface area contributed by atoms with Crippen molar-refractivity contribution in [2.24, 2.45) is 11.3 Å². The van der Waals surface area contributed by atoms with Crippen LogP contribution in [0.15, 0.2) is 11.6 Å². The highest BCUT2D eigenvalue weighted by Crippen LogP contribution is 2.50. The van der Waals surface area contributed by atoms with E-state index in [1.807, 2.05) is 18.9 Å². The number of carbonyl (C=O) groups is 1. The molecule has 6 heteroatoms. The summed E-state index contributed by atoms with van der Waals surface area (Å²) in [6.45, 7) is 8.12. The Labute approximate surface area is 167 Å². The number of carboxylic acid groups (broad SMARTS) is 1. The summed E-state index contributed by atoms with van der Waals surface area (Å²) in [5.41, 5.74) is 1.87. The van der Waals surface area contributed by atoms with Gasteiger partial charge in [-0.25, -0.2) is 4.79 Å². The molecule has 4 atom stereocenters. The smallest absolute Gasteiger partial charge is 0.407 e. The summed E-state index contributed by atoms with van der Waals surface area (Å²) in [5.74, 6) is 2.92. The first kappa shape index (κ1) is 21.0. The van der Waals surface area contributed by atoms with Crippen LogP contribution in [0, 0.1) is 11.3 Å². The minimum absolute atomic E-state index is 0.0764. The average molecular weight is 398 g/mol. The van der Waals surface area contributed by atoms with E-state index in [2.05, 4.69) is 26.8 Å². The van der Waals surface area contributed by atoms with Crippen LogP contribution in [0.3, 0.4) is 0 Å². The van der Waals surface area contributed by atoms with Gasteiger partial charge in [-0.1, -0.05) is 24.5 Å². The largest absolute Gasteiger partial charge is 0.465 e. The number of allylic oxidation sites excluding steroid dienone is 1. The van der Waals surface area contributed by atoms with E-state index in [4.69, 9.17) is 14.6 Å². The molecule has 1 aliphatic carbocycles. The van der Waals surface area contributed by atoms with Crippen LogP contribution in [0.4, 0.5) is 4.79 Å². The van der Waals surface area contributed by atoms with Gasteiger partial charge in [0.1, 0.15) is 0 Å². The molecule has 3 heterocycles.